The van der Waals surface area contributed by atoms with Gasteiger partial charge in [0, 0.05) is 39.3 Å². The number of urea groups is 1. The van der Waals surface area contributed by atoms with E-state index in [0.29, 0.717) is 37.9 Å². The van der Waals surface area contributed by atoms with Gasteiger partial charge in [-0.1, -0.05) is 11.3 Å². The van der Waals surface area contributed by atoms with Gasteiger partial charge in [0.25, 0.3) is 0 Å². The number of nitrogens with one attached hydrogen (secondary N) is 1. The largest absolute Gasteiger partial charge is 0.342 e. The summed E-state index contributed by atoms with van der Waals surface area (Å²) in [7, 11) is 0. The zero-order valence-corrected chi connectivity index (χ0v) is 14.7. The van der Waals surface area contributed by atoms with Crippen LogP contribution in [0.5, 0.6) is 0 Å². The lowest BCUT2D eigenvalue weighted by Gasteiger charge is -2.34. The number of likely N-dealkylation sites (N-methyl/N-ethyl adjacent to an activating group) is 1. The minimum Gasteiger partial charge on any atom is -0.342 e. The maximum Gasteiger partial charge on any atom is 0.323 e. The molecule has 9 heteroatoms. The third-order valence-corrected chi connectivity index (χ3v) is 4.63. The molecule has 0 spiro atoms. The molecule has 8 nitrogen and oxygen atoms in total. The van der Waals surface area contributed by atoms with Crippen molar-refractivity contribution in [1.82, 2.24) is 24.9 Å². The molecule has 1 aromatic heterocycles. The standard InChI is InChI=1S/C14H24N6O2S/c1-4-19(5-2)12(21)10-18-6-8-20(9-7-18)14(22)15-13-17-16-11(3)23-13/h4-10H2,1-3H3,(H,15,17,22). The van der Waals surface area contributed by atoms with Crippen molar-refractivity contribution in [1.29, 1.82) is 0 Å². The van der Waals surface area contributed by atoms with E-state index in [0.717, 1.165) is 18.1 Å². The minimum absolute atomic E-state index is 0.150. The fourth-order valence-electron chi connectivity index (χ4n) is 2.49. The van der Waals surface area contributed by atoms with Crippen LogP contribution in [0.25, 0.3) is 0 Å². The number of anilines is 1. The molecule has 1 aliphatic rings. The van der Waals surface area contributed by atoms with Gasteiger partial charge in [0.2, 0.25) is 11.0 Å². The molecule has 2 rings (SSSR count). The van der Waals surface area contributed by atoms with E-state index in [2.05, 4.69) is 20.4 Å². The van der Waals surface area contributed by atoms with E-state index >= 15 is 0 Å². The summed E-state index contributed by atoms with van der Waals surface area (Å²) < 4.78 is 0. The van der Waals surface area contributed by atoms with Gasteiger partial charge in [0.15, 0.2) is 0 Å². The molecule has 0 bridgehead atoms. The van der Waals surface area contributed by atoms with Crippen LogP contribution in [0.4, 0.5) is 9.93 Å². The number of aryl methyl sites for hydroxylation is 1. The molecule has 1 N–H and O–H groups in total. The number of rotatable bonds is 5. The van der Waals surface area contributed by atoms with Crippen LogP contribution < -0.4 is 5.32 Å². The van der Waals surface area contributed by atoms with Crippen LogP contribution in [-0.4, -0.2) is 82.6 Å². The van der Waals surface area contributed by atoms with E-state index in [1.807, 2.05) is 25.7 Å². The normalized spacial score (nSPS) is 15.5. The van der Waals surface area contributed by atoms with Crippen molar-refractivity contribution in [2.45, 2.75) is 20.8 Å². The summed E-state index contributed by atoms with van der Waals surface area (Å²) in [6.07, 6.45) is 0. The zero-order chi connectivity index (χ0) is 16.8. The van der Waals surface area contributed by atoms with Gasteiger partial charge in [0.1, 0.15) is 5.01 Å². The Morgan fingerprint density at radius 3 is 2.35 bits per heavy atom. The van der Waals surface area contributed by atoms with E-state index in [-0.39, 0.29) is 11.9 Å². The highest BCUT2D eigenvalue weighted by molar-refractivity contribution is 7.15. The number of carbonyl (C=O) groups excluding carboxylic acids is 2. The fraction of sp³-hybridized carbons (Fsp3) is 0.714. The van der Waals surface area contributed by atoms with Gasteiger partial charge in [-0.2, -0.15) is 0 Å². The monoisotopic (exact) mass is 340 g/mol. The maximum atomic E-state index is 12.2. The van der Waals surface area contributed by atoms with Crippen LogP contribution >= 0.6 is 11.3 Å². The van der Waals surface area contributed by atoms with Crippen LogP contribution in [0.15, 0.2) is 0 Å². The molecule has 1 aromatic rings. The Hall–Kier alpha value is -1.74. The summed E-state index contributed by atoms with van der Waals surface area (Å²) in [5.41, 5.74) is 0. The number of aromatic nitrogens is 2. The topological polar surface area (TPSA) is 81.7 Å². The maximum absolute atomic E-state index is 12.2. The van der Waals surface area contributed by atoms with Crippen LogP contribution in [-0.2, 0) is 4.79 Å². The van der Waals surface area contributed by atoms with Crippen molar-refractivity contribution in [3.8, 4) is 0 Å². The van der Waals surface area contributed by atoms with E-state index in [1.165, 1.54) is 11.3 Å². The molecule has 1 saturated heterocycles. The average Bonchev–Trinajstić information content (AvgIpc) is 2.94. The molecule has 0 atom stereocenters. The smallest absolute Gasteiger partial charge is 0.323 e. The molecule has 1 aliphatic heterocycles. The molecule has 0 unspecified atom stereocenters. The Kier molecular flexibility index (Phi) is 6.28. The van der Waals surface area contributed by atoms with Gasteiger partial charge in [-0.15, -0.1) is 10.2 Å². The highest BCUT2D eigenvalue weighted by Crippen LogP contribution is 2.14. The Bertz CT molecular complexity index is 537. The van der Waals surface area contributed by atoms with Crippen LogP contribution in [0.2, 0.25) is 0 Å². The Balaban J connectivity index is 1.77. The van der Waals surface area contributed by atoms with Gasteiger partial charge < -0.3 is 9.80 Å². The molecule has 1 fully saturated rings. The zero-order valence-electron chi connectivity index (χ0n) is 13.9. The highest BCUT2D eigenvalue weighted by atomic mass is 32.1. The molecule has 0 radical (unpaired) electrons. The molecule has 3 amide bonds. The summed E-state index contributed by atoms with van der Waals surface area (Å²) in [6.45, 7) is 10.3. The van der Waals surface area contributed by atoms with Crippen molar-refractivity contribution in [3.63, 3.8) is 0 Å². The van der Waals surface area contributed by atoms with E-state index < -0.39 is 0 Å². The summed E-state index contributed by atoms with van der Waals surface area (Å²) in [4.78, 5) is 29.9. The third-order valence-electron chi connectivity index (χ3n) is 3.87. The Labute approximate surface area is 140 Å². The lowest BCUT2D eigenvalue weighted by atomic mass is 10.3. The van der Waals surface area contributed by atoms with E-state index in [9.17, 15) is 9.59 Å². The third kappa shape index (κ3) is 4.87. The number of hydrogen-bond acceptors (Lipinski definition) is 6. The summed E-state index contributed by atoms with van der Waals surface area (Å²) >= 11 is 1.36. The first-order valence-electron chi connectivity index (χ1n) is 7.89. The number of carbonyl (C=O) groups is 2. The number of nitrogens with zero attached hydrogens (tertiary/aromatic N) is 5. The SMILES string of the molecule is CCN(CC)C(=O)CN1CCN(C(=O)Nc2nnc(C)s2)CC1. The van der Waals surface area contributed by atoms with Gasteiger partial charge >= 0.3 is 6.03 Å². The van der Waals surface area contributed by atoms with Gasteiger partial charge in [-0.3, -0.25) is 15.0 Å². The van der Waals surface area contributed by atoms with Gasteiger partial charge in [0.05, 0.1) is 6.54 Å². The van der Waals surface area contributed by atoms with Crippen molar-refractivity contribution in [2.75, 3.05) is 51.1 Å². The van der Waals surface area contributed by atoms with Crippen LogP contribution in [0, 0.1) is 6.92 Å². The van der Waals surface area contributed by atoms with Crippen LogP contribution in [0.3, 0.4) is 0 Å². The highest BCUT2D eigenvalue weighted by Gasteiger charge is 2.24. The second-order valence-electron chi connectivity index (χ2n) is 5.39. The lowest BCUT2D eigenvalue weighted by Crippen LogP contribution is -2.52. The predicted octanol–water partition coefficient (Wildman–Crippen LogP) is 0.864. The number of hydrogen-bond donors (Lipinski definition) is 1. The van der Waals surface area contributed by atoms with Gasteiger partial charge in [-0.05, 0) is 20.8 Å². The summed E-state index contributed by atoms with van der Waals surface area (Å²) in [5, 5.41) is 11.9. The fourth-order valence-corrected chi connectivity index (χ4v) is 3.08. The first kappa shape index (κ1) is 17.6. The predicted molar refractivity (Wildman–Crippen MR) is 89.6 cm³/mol. The lowest BCUT2D eigenvalue weighted by molar-refractivity contribution is -0.132. The summed E-state index contributed by atoms with van der Waals surface area (Å²) in [6, 6.07) is -0.157. The second-order valence-corrected chi connectivity index (χ2v) is 6.57. The van der Waals surface area contributed by atoms with Crippen LogP contribution in [0.1, 0.15) is 18.9 Å². The average molecular weight is 340 g/mol. The van der Waals surface area contributed by atoms with Crippen molar-refractivity contribution < 1.29 is 9.59 Å². The molecule has 0 saturated carbocycles. The summed E-state index contributed by atoms with van der Waals surface area (Å²) in [5.74, 6) is 0.150. The minimum atomic E-state index is -0.157. The van der Waals surface area contributed by atoms with E-state index in [4.69, 9.17) is 0 Å². The van der Waals surface area contributed by atoms with E-state index in [1.54, 1.807) is 4.90 Å². The molecule has 2 heterocycles. The molecule has 128 valence electrons. The molecular weight excluding hydrogens is 316 g/mol. The number of amides is 3. The number of piperazine rings is 1. The first-order chi connectivity index (χ1) is 11.0. The molecule has 0 aromatic carbocycles. The van der Waals surface area contributed by atoms with Crippen molar-refractivity contribution in [2.24, 2.45) is 0 Å². The Morgan fingerprint density at radius 2 is 1.83 bits per heavy atom. The Morgan fingerprint density at radius 1 is 1.17 bits per heavy atom. The van der Waals surface area contributed by atoms with Gasteiger partial charge in [-0.25, -0.2) is 4.79 Å². The molecular formula is C14H24N6O2S. The molecule has 0 aliphatic carbocycles. The molecule has 23 heavy (non-hydrogen) atoms. The quantitative estimate of drug-likeness (QED) is 0.860. The first-order valence-corrected chi connectivity index (χ1v) is 8.71. The van der Waals surface area contributed by atoms with Crippen molar-refractivity contribution >= 4 is 28.4 Å². The van der Waals surface area contributed by atoms with Crippen molar-refractivity contribution in [3.05, 3.63) is 5.01 Å². The second kappa shape index (κ2) is 8.21.